The van der Waals surface area contributed by atoms with Crippen LogP contribution in [0.2, 0.25) is 0 Å². The summed E-state index contributed by atoms with van der Waals surface area (Å²) in [4.78, 5) is 23.0. The Morgan fingerprint density at radius 3 is 2.48 bits per heavy atom. The molecule has 2 aromatic rings. The van der Waals surface area contributed by atoms with Crippen LogP contribution >= 0.6 is 11.8 Å². The smallest absolute Gasteiger partial charge is 0.269 e. The minimum Gasteiger partial charge on any atom is -0.493 e. The average Bonchev–Trinajstić information content (AvgIpc) is 2.64. The Balaban J connectivity index is 1.88. The van der Waals surface area contributed by atoms with E-state index in [0.29, 0.717) is 18.0 Å². The van der Waals surface area contributed by atoms with Crippen LogP contribution in [0, 0.1) is 10.1 Å². The Morgan fingerprint density at radius 2 is 1.88 bits per heavy atom. The number of nitro groups is 1. The number of non-ortho nitro benzene ring substituents is 1. The van der Waals surface area contributed by atoms with E-state index >= 15 is 0 Å². The number of rotatable bonds is 8. The zero-order valence-corrected chi connectivity index (χ0v) is 14.7. The van der Waals surface area contributed by atoms with Gasteiger partial charge in [-0.25, -0.2) is 0 Å². The van der Waals surface area contributed by atoms with E-state index in [1.54, 1.807) is 32.4 Å². The van der Waals surface area contributed by atoms with Gasteiger partial charge in [-0.1, -0.05) is 12.1 Å². The van der Waals surface area contributed by atoms with Crippen LogP contribution in [0.1, 0.15) is 5.56 Å². The first-order chi connectivity index (χ1) is 12.0. The third kappa shape index (κ3) is 5.12. The number of hydrogen-bond donors (Lipinski definition) is 1. The Labute approximate surface area is 149 Å². The van der Waals surface area contributed by atoms with Crippen molar-refractivity contribution in [3.05, 3.63) is 58.1 Å². The molecular weight excluding hydrogens is 344 g/mol. The molecule has 2 rings (SSSR count). The summed E-state index contributed by atoms with van der Waals surface area (Å²) in [5.74, 6) is 1.26. The molecule has 0 spiro atoms. The van der Waals surface area contributed by atoms with Gasteiger partial charge in [-0.3, -0.25) is 14.9 Å². The van der Waals surface area contributed by atoms with E-state index in [4.69, 9.17) is 9.47 Å². The van der Waals surface area contributed by atoms with Crippen molar-refractivity contribution < 1.29 is 19.2 Å². The molecule has 0 atom stereocenters. The van der Waals surface area contributed by atoms with Gasteiger partial charge in [0.1, 0.15) is 0 Å². The number of methoxy groups -OCH3 is 2. The first-order valence-corrected chi connectivity index (χ1v) is 8.37. The van der Waals surface area contributed by atoms with Gasteiger partial charge in [0.25, 0.3) is 5.69 Å². The number of thioether (sulfide) groups is 1. The molecule has 8 heteroatoms. The van der Waals surface area contributed by atoms with Crippen LogP contribution in [-0.4, -0.2) is 30.8 Å². The topological polar surface area (TPSA) is 90.7 Å². The van der Waals surface area contributed by atoms with E-state index in [9.17, 15) is 14.9 Å². The molecule has 0 aliphatic heterocycles. The third-order valence-electron chi connectivity index (χ3n) is 3.38. The van der Waals surface area contributed by atoms with Crippen LogP contribution in [0.25, 0.3) is 0 Å². The summed E-state index contributed by atoms with van der Waals surface area (Å²) < 4.78 is 10.5. The number of carbonyl (C=O) groups excluding carboxylic acids is 1. The second-order valence-corrected chi connectivity index (χ2v) is 6.02. The van der Waals surface area contributed by atoms with Gasteiger partial charge in [0, 0.05) is 29.1 Å². The van der Waals surface area contributed by atoms with Gasteiger partial charge in [0.15, 0.2) is 11.5 Å². The molecule has 1 N–H and O–H groups in total. The summed E-state index contributed by atoms with van der Waals surface area (Å²) in [5.41, 5.74) is 0.842. The predicted octanol–water partition coefficient (Wildman–Crippen LogP) is 3.02. The van der Waals surface area contributed by atoms with Crippen LogP contribution < -0.4 is 14.8 Å². The minimum atomic E-state index is -0.456. The minimum absolute atomic E-state index is 0.0268. The summed E-state index contributed by atoms with van der Waals surface area (Å²) in [6.07, 6.45) is 0. The molecule has 1 amide bonds. The quantitative estimate of drug-likeness (QED) is 0.441. The maximum Gasteiger partial charge on any atom is 0.269 e. The molecule has 0 saturated carbocycles. The molecular formula is C17H18N2O5S. The lowest BCUT2D eigenvalue weighted by molar-refractivity contribution is -0.384. The van der Waals surface area contributed by atoms with E-state index in [0.717, 1.165) is 10.5 Å². The van der Waals surface area contributed by atoms with Crippen molar-refractivity contribution in [2.24, 2.45) is 0 Å². The fourth-order valence-electron chi connectivity index (χ4n) is 2.15. The maximum absolute atomic E-state index is 12.0. The first-order valence-electron chi connectivity index (χ1n) is 7.39. The van der Waals surface area contributed by atoms with Gasteiger partial charge in [0.05, 0.1) is 24.9 Å². The van der Waals surface area contributed by atoms with Crippen molar-refractivity contribution >= 4 is 23.4 Å². The van der Waals surface area contributed by atoms with E-state index in [1.807, 2.05) is 12.1 Å². The molecule has 7 nitrogen and oxygen atoms in total. The number of benzene rings is 2. The summed E-state index contributed by atoms with van der Waals surface area (Å²) in [7, 11) is 3.11. The predicted molar refractivity (Wildman–Crippen MR) is 95.2 cm³/mol. The van der Waals surface area contributed by atoms with Crippen molar-refractivity contribution in [2.45, 2.75) is 11.4 Å². The second-order valence-electron chi connectivity index (χ2n) is 4.97. The van der Waals surface area contributed by atoms with Crippen molar-refractivity contribution in [3.63, 3.8) is 0 Å². The molecule has 0 unspecified atom stereocenters. The van der Waals surface area contributed by atoms with Gasteiger partial charge in [-0.2, -0.15) is 0 Å². The van der Waals surface area contributed by atoms with Crippen LogP contribution in [0.5, 0.6) is 11.5 Å². The van der Waals surface area contributed by atoms with Crippen molar-refractivity contribution in [1.82, 2.24) is 5.32 Å². The molecule has 0 bridgehead atoms. The van der Waals surface area contributed by atoms with Crippen LogP contribution in [0.3, 0.4) is 0 Å². The number of nitrogens with one attached hydrogen (secondary N) is 1. The van der Waals surface area contributed by atoms with Gasteiger partial charge in [0.2, 0.25) is 5.91 Å². The largest absolute Gasteiger partial charge is 0.493 e. The zero-order chi connectivity index (χ0) is 18.2. The molecule has 0 radical (unpaired) electrons. The third-order valence-corrected chi connectivity index (χ3v) is 4.39. The van der Waals surface area contributed by atoms with E-state index in [-0.39, 0.29) is 17.3 Å². The molecule has 2 aromatic carbocycles. The SMILES string of the molecule is COc1cccc(CNC(=O)CSc2ccc([N+](=O)[O-])cc2)c1OC. The highest BCUT2D eigenvalue weighted by atomic mass is 32.2. The second kappa shape index (κ2) is 8.93. The number of carbonyl (C=O) groups is 1. The lowest BCUT2D eigenvalue weighted by Gasteiger charge is -2.13. The van der Waals surface area contributed by atoms with E-state index in [1.165, 1.54) is 23.9 Å². The maximum atomic E-state index is 12.0. The number of para-hydroxylation sites is 1. The Hall–Kier alpha value is -2.74. The molecule has 25 heavy (non-hydrogen) atoms. The van der Waals surface area contributed by atoms with E-state index in [2.05, 4.69) is 5.32 Å². The highest BCUT2D eigenvalue weighted by Crippen LogP contribution is 2.30. The molecule has 0 aliphatic carbocycles. The first kappa shape index (κ1) is 18.6. The fourth-order valence-corrected chi connectivity index (χ4v) is 2.88. The van der Waals surface area contributed by atoms with Gasteiger partial charge >= 0.3 is 0 Å². The van der Waals surface area contributed by atoms with Gasteiger partial charge in [-0.15, -0.1) is 11.8 Å². The molecule has 132 valence electrons. The number of nitro benzene ring substituents is 1. The number of hydrogen-bond acceptors (Lipinski definition) is 6. The lowest BCUT2D eigenvalue weighted by atomic mass is 10.2. The van der Waals surface area contributed by atoms with Crippen LogP contribution in [0.15, 0.2) is 47.4 Å². The Bertz CT molecular complexity index is 749. The van der Waals surface area contributed by atoms with Crippen molar-refractivity contribution in [1.29, 1.82) is 0 Å². The standard InChI is InChI=1S/C17H18N2O5S/c1-23-15-5-3-4-12(17(15)24-2)10-18-16(20)11-25-14-8-6-13(7-9-14)19(21)22/h3-9H,10-11H2,1-2H3,(H,18,20). The molecule has 0 saturated heterocycles. The monoisotopic (exact) mass is 362 g/mol. The van der Waals surface area contributed by atoms with Crippen molar-refractivity contribution in [3.8, 4) is 11.5 Å². The normalized spacial score (nSPS) is 10.2. The number of amides is 1. The lowest BCUT2D eigenvalue weighted by Crippen LogP contribution is -2.24. The Kier molecular flexibility index (Phi) is 6.64. The molecule has 0 aromatic heterocycles. The van der Waals surface area contributed by atoms with Gasteiger partial charge in [-0.05, 0) is 18.2 Å². The Morgan fingerprint density at radius 1 is 1.16 bits per heavy atom. The average molecular weight is 362 g/mol. The summed E-state index contributed by atoms with van der Waals surface area (Å²) in [6.45, 7) is 0.319. The van der Waals surface area contributed by atoms with Crippen LogP contribution in [0.4, 0.5) is 5.69 Å². The highest BCUT2D eigenvalue weighted by Gasteiger charge is 2.11. The van der Waals surface area contributed by atoms with Crippen LogP contribution in [-0.2, 0) is 11.3 Å². The van der Waals surface area contributed by atoms with E-state index < -0.39 is 4.92 Å². The fraction of sp³-hybridized carbons (Fsp3) is 0.235. The summed E-state index contributed by atoms with van der Waals surface area (Å²) >= 11 is 1.31. The van der Waals surface area contributed by atoms with Crippen molar-refractivity contribution in [2.75, 3.05) is 20.0 Å². The molecule has 0 fully saturated rings. The number of ether oxygens (including phenoxy) is 2. The molecule has 0 aliphatic rings. The molecule has 0 heterocycles. The zero-order valence-electron chi connectivity index (χ0n) is 13.9. The number of nitrogens with zero attached hydrogens (tertiary/aromatic N) is 1. The summed E-state index contributed by atoms with van der Waals surface area (Å²) in [6, 6.07) is 11.6. The highest BCUT2D eigenvalue weighted by molar-refractivity contribution is 8.00. The summed E-state index contributed by atoms with van der Waals surface area (Å²) in [5, 5.41) is 13.4. The van der Waals surface area contributed by atoms with Gasteiger partial charge < -0.3 is 14.8 Å².